The fourth-order valence-electron chi connectivity index (χ4n) is 1.26. The molecule has 0 radical (unpaired) electrons. The van der Waals surface area contributed by atoms with Gasteiger partial charge in [-0.25, -0.2) is 4.39 Å². The van der Waals surface area contributed by atoms with E-state index in [0.29, 0.717) is 5.69 Å². The fourth-order valence-corrected chi connectivity index (χ4v) is 1.62. The van der Waals surface area contributed by atoms with Crippen molar-refractivity contribution in [2.24, 2.45) is 0 Å². The lowest BCUT2D eigenvalue weighted by Gasteiger charge is -2.15. The van der Waals surface area contributed by atoms with Crippen LogP contribution in [0.1, 0.15) is 13.3 Å². The average Bonchev–Trinajstić information content (AvgIpc) is 2.23. The monoisotopic (exact) mass is 289 g/mol. The molecule has 0 heterocycles. The van der Waals surface area contributed by atoms with Crippen molar-refractivity contribution < 1.29 is 13.9 Å². The van der Waals surface area contributed by atoms with Gasteiger partial charge in [-0.1, -0.05) is 0 Å². The minimum atomic E-state index is -0.323. The number of ether oxygens (including phenoxy) is 1. The Hall–Kier alpha value is -1.10. The number of methoxy groups -OCH3 is 1. The quantitative estimate of drug-likeness (QED) is 0.866. The van der Waals surface area contributed by atoms with Gasteiger partial charge in [0.25, 0.3) is 0 Å². The molecule has 1 rings (SSSR count). The molecule has 1 aromatic rings. The summed E-state index contributed by atoms with van der Waals surface area (Å²) in [4.78, 5) is 11.0. The van der Waals surface area contributed by atoms with Crippen molar-refractivity contribution in [1.82, 2.24) is 0 Å². The van der Waals surface area contributed by atoms with Crippen molar-refractivity contribution in [3.63, 3.8) is 0 Å². The van der Waals surface area contributed by atoms with E-state index >= 15 is 0 Å². The third-order valence-corrected chi connectivity index (χ3v) is 2.72. The number of carbonyl (C=O) groups excluding carboxylic acids is 1. The van der Waals surface area contributed by atoms with Crippen LogP contribution in [0.25, 0.3) is 0 Å². The zero-order valence-corrected chi connectivity index (χ0v) is 10.7. The summed E-state index contributed by atoms with van der Waals surface area (Å²) in [6, 6.07) is 4.23. The molecule has 3 nitrogen and oxygen atoms in total. The van der Waals surface area contributed by atoms with Crippen LogP contribution in [0, 0.1) is 5.82 Å². The molecule has 1 aromatic carbocycles. The molecule has 88 valence electrons. The van der Waals surface area contributed by atoms with Crippen molar-refractivity contribution in [2.75, 3.05) is 12.4 Å². The predicted molar refractivity (Wildman–Crippen MR) is 63.8 cm³/mol. The first-order chi connectivity index (χ1) is 7.52. The molecule has 0 amide bonds. The molecule has 0 saturated carbocycles. The summed E-state index contributed by atoms with van der Waals surface area (Å²) >= 11 is 3.30. The van der Waals surface area contributed by atoms with Crippen LogP contribution in [0.4, 0.5) is 10.1 Å². The molecule has 0 aliphatic carbocycles. The highest BCUT2D eigenvalue weighted by atomic mass is 79.9. The van der Waals surface area contributed by atoms with E-state index in [2.05, 4.69) is 26.0 Å². The van der Waals surface area contributed by atoms with E-state index in [1.807, 2.05) is 6.92 Å². The molecule has 1 atom stereocenters. The van der Waals surface area contributed by atoms with Gasteiger partial charge in [0, 0.05) is 10.5 Å². The van der Waals surface area contributed by atoms with Crippen molar-refractivity contribution in [3.8, 4) is 0 Å². The van der Waals surface area contributed by atoms with Gasteiger partial charge < -0.3 is 10.1 Å². The van der Waals surface area contributed by atoms with E-state index in [1.54, 1.807) is 6.07 Å². The third kappa shape index (κ3) is 3.81. The first-order valence-electron chi connectivity index (χ1n) is 4.81. The van der Waals surface area contributed by atoms with Crippen molar-refractivity contribution in [3.05, 3.63) is 28.5 Å². The maximum Gasteiger partial charge on any atom is 0.307 e. The molecular formula is C11H13BrFNO2. The van der Waals surface area contributed by atoms with Crippen LogP contribution < -0.4 is 5.32 Å². The number of hydrogen-bond donors (Lipinski definition) is 1. The summed E-state index contributed by atoms with van der Waals surface area (Å²) in [5.74, 6) is -0.622. The number of rotatable bonds is 4. The van der Waals surface area contributed by atoms with Crippen molar-refractivity contribution in [1.29, 1.82) is 0 Å². The van der Waals surface area contributed by atoms with Crippen LogP contribution in [0.2, 0.25) is 0 Å². The summed E-state index contributed by atoms with van der Waals surface area (Å²) < 4.78 is 18.3. The molecule has 0 saturated heterocycles. The number of halogens is 2. The Morgan fingerprint density at radius 3 is 2.94 bits per heavy atom. The summed E-state index contributed by atoms with van der Waals surface area (Å²) in [5, 5.41) is 3.03. The van der Waals surface area contributed by atoms with E-state index in [1.165, 1.54) is 19.2 Å². The maximum atomic E-state index is 13.0. The van der Waals surface area contributed by atoms with E-state index in [0.717, 1.165) is 4.47 Å². The molecule has 0 aliphatic rings. The van der Waals surface area contributed by atoms with E-state index in [-0.39, 0.29) is 24.2 Å². The molecule has 1 unspecified atom stereocenters. The molecule has 1 N–H and O–H groups in total. The van der Waals surface area contributed by atoms with Gasteiger partial charge in [0.1, 0.15) is 5.82 Å². The first kappa shape index (κ1) is 13.0. The Bertz CT molecular complexity index is 384. The van der Waals surface area contributed by atoms with Gasteiger partial charge >= 0.3 is 5.97 Å². The molecule has 0 aliphatic heterocycles. The van der Waals surface area contributed by atoms with E-state index in [4.69, 9.17) is 0 Å². The number of esters is 1. The van der Waals surface area contributed by atoms with Gasteiger partial charge in [0.15, 0.2) is 0 Å². The zero-order valence-electron chi connectivity index (χ0n) is 9.09. The minimum absolute atomic E-state index is 0.120. The van der Waals surface area contributed by atoms with Crippen LogP contribution in [-0.4, -0.2) is 19.1 Å². The smallest absolute Gasteiger partial charge is 0.307 e. The highest BCUT2D eigenvalue weighted by Crippen LogP contribution is 2.24. The lowest BCUT2D eigenvalue weighted by molar-refractivity contribution is -0.140. The number of benzene rings is 1. The Balaban J connectivity index is 2.65. The van der Waals surface area contributed by atoms with Gasteiger partial charge in [-0.15, -0.1) is 0 Å². The highest BCUT2D eigenvalue weighted by Gasteiger charge is 2.10. The van der Waals surface area contributed by atoms with Crippen LogP contribution >= 0.6 is 15.9 Å². The van der Waals surface area contributed by atoms with E-state index in [9.17, 15) is 9.18 Å². The molecule has 0 aromatic heterocycles. The molecule has 5 heteroatoms. The summed E-state index contributed by atoms with van der Waals surface area (Å²) in [5.41, 5.74) is 0.622. The second-order valence-corrected chi connectivity index (χ2v) is 4.30. The highest BCUT2D eigenvalue weighted by molar-refractivity contribution is 9.10. The zero-order chi connectivity index (χ0) is 12.1. The Morgan fingerprint density at radius 2 is 2.31 bits per heavy atom. The normalized spacial score (nSPS) is 12.0. The van der Waals surface area contributed by atoms with Gasteiger partial charge in [-0.2, -0.15) is 0 Å². The van der Waals surface area contributed by atoms with Gasteiger partial charge in [0.2, 0.25) is 0 Å². The Morgan fingerprint density at radius 1 is 1.62 bits per heavy atom. The van der Waals surface area contributed by atoms with Crippen LogP contribution in [0.15, 0.2) is 22.7 Å². The molecule has 0 bridgehead atoms. The largest absolute Gasteiger partial charge is 0.469 e. The number of nitrogens with one attached hydrogen (secondary N) is 1. The molecule has 0 fully saturated rings. The standard InChI is InChI=1S/C11H13BrFNO2/c1-7(5-11(15)16-2)14-10-6-8(13)3-4-9(10)12/h3-4,6-7,14H,5H2,1-2H3. The Labute approximate surface area is 102 Å². The fraction of sp³-hybridized carbons (Fsp3) is 0.364. The second-order valence-electron chi connectivity index (χ2n) is 3.45. The molecule has 16 heavy (non-hydrogen) atoms. The second kappa shape index (κ2) is 5.84. The van der Waals surface area contributed by atoms with E-state index < -0.39 is 0 Å². The molecule has 0 spiro atoms. The maximum absolute atomic E-state index is 13.0. The van der Waals surface area contributed by atoms with Gasteiger partial charge in [-0.05, 0) is 41.1 Å². The van der Waals surface area contributed by atoms with Crippen LogP contribution in [0.3, 0.4) is 0 Å². The third-order valence-electron chi connectivity index (χ3n) is 2.03. The van der Waals surface area contributed by atoms with Crippen LogP contribution in [0.5, 0.6) is 0 Å². The topological polar surface area (TPSA) is 38.3 Å². The molecular weight excluding hydrogens is 277 g/mol. The van der Waals surface area contributed by atoms with Crippen molar-refractivity contribution >= 4 is 27.6 Å². The summed E-state index contributed by atoms with van der Waals surface area (Å²) in [6.45, 7) is 1.83. The lowest BCUT2D eigenvalue weighted by Crippen LogP contribution is -2.20. The summed E-state index contributed by atoms with van der Waals surface area (Å²) in [6.07, 6.45) is 0.236. The number of hydrogen-bond acceptors (Lipinski definition) is 3. The predicted octanol–water partition coefficient (Wildman–Crippen LogP) is 2.95. The first-order valence-corrected chi connectivity index (χ1v) is 5.60. The SMILES string of the molecule is COC(=O)CC(C)Nc1cc(F)ccc1Br. The average molecular weight is 290 g/mol. The number of carbonyl (C=O) groups is 1. The lowest BCUT2D eigenvalue weighted by atomic mass is 10.2. The summed E-state index contributed by atoms with van der Waals surface area (Å²) in [7, 11) is 1.34. The minimum Gasteiger partial charge on any atom is -0.469 e. The van der Waals surface area contributed by atoms with Crippen LogP contribution in [-0.2, 0) is 9.53 Å². The number of anilines is 1. The van der Waals surface area contributed by atoms with Gasteiger partial charge in [-0.3, -0.25) is 4.79 Å². The van der Waals surface area contributed by atoms with Crippen molar-refractivity contribution in [2.45, 2.75) is 19.4 Å². The Kier molecular flexibility index (Phi) is 4.73. The van der Waals surface area contributed by atoms with Gasteiger partial charge in [0.05, 0.1) is 19.2 Å².